The van der Waals surface area contributed by atoms with Gasteiger partial charge in [0.2, 0.25) is 0 Å². The van der Waals surface area contributed by atoms with Crippen molar-refractivity contribution in [3.8, 4) is 11.1 Å². The van der Waals surface area contributed by atoms with E-state index in [1.807, 2.05) is 23.5 Å². The van der Waals surface area contributed by atoms with E-state index in [0.717, 1.165) is 61.0 Å². The maximum absolute atomic E-state index is 6.74. The second-order valence-corrected chi connectivity index (χ2v) is 13.5. The minimum absolute atomic E-state index is 0.237. The number of fused-ring (bicyclic) bond motifs is 7. The third-order valence-electron chi connectivity index (χ3n) is 9.52. The summed E-state index contributed by atoms with van der Waals surface area (Å²) in [6, 6.07) is 53.8. The molecule has 3 heterocycles. The fraction of sp³-hybridized carbons (Fsp3) is 0.0465. The first-order valence-corrected chi connectivity index (χ1v) is 17.1. The number of benzene rings is 7. The van der Waals surface area contributed by atoms with E-state index in [2.05, 4.69) is 150 Å². The van der Waals surface area contributed by atoms with Gasteiger partial charge in [-0.15, -0.1) is 11.3 Å². The summed E-state index contributed by atoms with van der Waals surface area (Å²) in [5.41, 5.74) is 7.31. The topological polar surface area (TPSA) is 49.6 Å². The minimum atomic E-state index is -0.247. The number of hydrogen-bond donors (Lipinski definition) is 2. The third kappa shape index (κ3) is 4.51. The Labute approximate surface area is 281 Å². The number of furan rings is 1. The second kappa shape index (κ2) is 10.9. The van der Waals surface area contributed by atoms with Crippen LogP contribution in [-0.4, -0.2) is 5.84 Å². The van der Waals surface area contributed by atoms with Gasteiger partial charge in [0.1, 0.15) is 29.3 Å². The summed E-state index contributed by atoms with van der Waals surface area (Å²) in [7, 11) is 0. The Hall–Kier alpha value is -5.75. The quantitative estimate of drug-likeness (QED) is 0.202. The zero-order valence-electron chi connectivity index (χ0n) is 25.9. The van der Waals surface area contributed by atoms with Gasteiger partial charge in [0, 0.05) is 42.1 Å². The number of rotatable bonds is 4. The Morgan fingerprint density at radius 3 is 2.12 bits per heavy atom. The molecular weight excluding hydrogens is 607 g/mol. The molecular formula is C43H29N3OS. The van der Waals surface area contributed by atoms with Crippen molar-refractivity contribution in [1.82, 2.24) is 10.6 Å². The van der Waals surface area contributed by atoms with Gasteiger partial charge < -0.3 is 9.73 Å². The predicted molar refractivity (Wildman–Crippen MR) is 201 cm³/mol. The number of hydrogen-bond acceptors (Lipinski definition) is 5. The van der Waals surface area contributed by atoms with Crippen LogP contribution >= 0.6 is 11.3 Å². The Morgan fingerprint density at radius 2 is 1.27 bits per heavy atom. The summed E-state index contributed by atoms with van der Waals surface area (Å²) in [6.07, 6.45) is -0.484. The van der Waals surface area contributed by atoms with Crippen molar-refractivity contribution in [2.24, 2.45) is 4.99 Å². The molecule has 0 radical (unpaired) electrons. The van der Waals surface area contributed by atoms with Crippen molar-refractivity contribution in [2.75, 3.05) is 0 Å². The number of amidine groups is 1. The molecule has 0 bridgehead atoms. The lowest BCUT2D eigenvalue weighted by molar-refractivity contribution is 0.411. The van der Waals surface area contributed by atoms with Crippen LogP contribution in [0.2, 0.25) is 0 Å². The van der Waals surface area contributed by atoms with E-state index in [9.17, 15) is 0 Å². The lowest BCUT2D eigenvalue weighted by Gasteiger charge is -2.32. The lowest BCUT2D eigenvalue weighted by Crippen LogP contribution is -2.45. The molecule has 2 N–H and O–H groups in total. The molecule has 0 saturated carbocycles. The fourth-order valence-electron chi connectivity index (χ4n) is 7.19. The number of aliphatic imine (C=N–C) groups is 1. The molecule has 5 heteroatoms. The third-order valence-corrected chi connectivity index (χ3v) is 10.7. The summed E-state index contributed by atoms with van der Waals surface area (Å²) in [5.74, 6) is 0.858. The summed E-state index contributed by atoms with van der Waals surface area (Å²) in [6.45, 7) is 0. The Morgan fingerprint density at radius 1 is 0.542 bits per heavy atom. The molecule has 7 aromatic carbocycles. The van der Waals surface area contributed by atoms with E-state index in [0.29, 0.717) is 0 Å². The first kappa shape index (κ1) is 27.4. The van der Waals surface area contributed by atoms with Crippen LogP contribution in [0.5, 0.6) is 0 Å². The molecule has 0 aliphatic carbocycles. The van der Waals surface area contributed by atoms with Gasteiger partial charge >= 0.3 is 0 Å². The van der Waals surface area contributed by atoms with Gasteiger partial charge in [-0.1, -0.05) is 109 Å². The molecule has 2 aromatic heterocycles. The molecule has 2 unspecified atom stereocenters. The number of nitrogens with one attached hydrogen (secondary N) is 2. The first-order chi connectivity index (χ1) is 23.7. The molecule has 1 aliphatic heterocycles. The van der Waals surface area contributed by atoms with Gasteiger partial charge in [0.25, 0.3) is 0 Å². The summed E-state index contributed by atoms with van der Waals surface area (Å²) >= 11 is 1.84. The monoisotopic (exact) mass is 635 g/mol. The Bertz CT molecular complexity index is 2690. The molecule has 0 fully saturated rings. The van der Waals surface area contributed by atoms with Crippen molar-refractivity contribution in [3.05, 3.63) is 168 Å². The van der Waals surface area contributed by atoms with Gasteiger partial charge in [0.15, 0.2) is 0 Å². The van der Waals surface area contributed by atoms with Crippen LogP contribution in [-0.2, 0) is 0 Å². The van der Waals surface area contributed by atoms with Crippen LogP contribution in [0.1, 0.15) is 29.0 Å². The highest BCUT2D eigenvalue weighted by atomic mass is 32.1. The zero-order valence-corrected chi connectivity index (χ0v) is 26.7. The van der Waals surface area contributed by atoms with Crippen molar-refractivity contribution in [1.29, 1.82) is 0 Å². The standard InChI is InChI=1S/C43H29N3OS/c1-3-11-26(12-4-1)41-44-42(27-13-5-2-6-14-27)46-43(45-41)35-23-31(30-19-20-39-33(21-30)32-17-9-10-18-38(32)48-39)25-37-40(35)34-22-28-15-7-8-16-29(28)24-36(34)47-37/h1-25,41,43,45H,(H,44,46). The van der Waals surface area contributed by atoms with E-state index in [-0.39, 0.29) is 12.3 Å². The molecule has 2 atom stereocenters. The van der Waals surface area contributed by atoms with Crippen LogP contribution in [0.15, 0.2) is 161 Å². The predicted octanol–water partition coefficient (Wildman–Crippen LogP) is 11.1. The molecule has 4 nitrogen and oxygen atoms in total. The van der Waals surface area contributed by atoms with Crippen molar-refractivity contribution >= 4 is 70.1 Å². The summed E-state index contributed by atoms with van der Waals surface area (Å²) < 4.78 is 9.34. The minimum Gasteiger partial charge on any atom is -0.456 e. The summed E-state index contributed by atoms with van der Waals surface area (Å²) in [5, 5.41) is 14.8. The second-order valence-electron chi connectivity index (χ2n) is 12.4. The van der Waals surface area contributed by atoms with E-state index in [1.165, 1.54) is 25.6 Å². The van der Waals surface area contributed by atoms with E-state index in [1.54, 1.807) is 0 Å². The van der Waals surface area contributed by atoms with Gasteiger partial charge in [-0.2, -0.15) is 0 Å². The SMILES string of the molecule is c1ccc(C2=NC(c3ccccc3)NC(c3cc(-c4ccc5sc6ccccc6c5c4)cc4oc5cc6ccccc6cc5c34)N2)cc1. The van der Waals surface area contributed by atoms with Crippen LogP contribution in [0.25, 0.3) is 64.0 Å². The lowest BCUT2D eigenvalue weighted by atomic mass is 9.95. The Balaban J connectivity index is 1.21. The zero-order chi connectivity index (χ0) is 31.6. The van der Waals surface area contributed by atoms with Crippen molar-refractivity contribution in [2.45, 2.75) is 12.3 Å². The summed E-state index contributed by atoms with van der Waals surface area (Å²) in [4.78, 5) is 5.18. The van der Waals surface area contributed by atoms with Crippen LogP contribution in [0, 0.1) is 0 Å². The molecule has 0 spiro atoms. The van der Waals surface area contributed by atoms with Gasteiger partial charge in [-0.05, 0) is 69.9 Å². The number of nitrogens with zero attached hydrogens (tertiary/aromatic N) is 1. The van der Waals surface area contributed by atoms with Crippen LogP contribution < -0.4 is 10.6 Å². The molecule has 1 aliphatic rings. The number of thiophene rings is 1. The maximum Gasteiger partial charge on any atom is 0.136 e. The largest absolute Gasteiger partial charge is 0.456 e. The molecule has 48 heavy (non-hydrogen) atoms. The molecule has 0 amide bonds. The fourth-order valence-corrected chi connectivity index (χ4v) is 8.28. The van der Waals surface area contributed by atoms with Crippen molar-refractivity contribution in [3.63, 3.8) is 0 Å². The van der Waals surface area contributed by atoms with Gasteiger partial charge in [-0.25, -0.2) is 4.99 Å². The van der Waals surface area contributed by atoms with Crippen molar-refractivity contribution < 1.29 is 4.42 Å². The van der Waals surface area contributed by atoms with E-state index in [4.69, 9.17) is 9.41 Å². The highest BCUT2D eigenvalue weighted by molar-refractivity contribution is 7.25. The van der Waals surface area contributed by atoms with E-state index >= 15 is 0 Å². The Kier molecular flexibility index (Phi) is 6.22. The molecule has 0 saturated heterocycles. The van der Waals surface area contributed by atoms with Crippen LogP contribution in [0.4, 0.5) is 0 Å². The van der Waals surface area contributed by atoms with Gasteiger partial charge in [0.05, 0.1) is 0 Å². The average molecular weight is 636 g/mol. The highest BCUT2D eigenvalue weighted by Crippen LogP contribution is 2.42. The molecule has 10 rings (SSSR count). The molecule has 228 valence electrons. The van der Waals surface area contributed by atoms with Crippen LogP contribution in [0.3, 0.4) is 0 Å². The smallest absolute Gasteiger partial charge is 0.136 e. The first-order valence-electron chi connectivity index (χ1n) is 16.3. The highest BCUT2D eigenvalue weighted by Gasteiger charge is 2.28. The molecule has 9 aromatic rings. The van der Waals surface area contributed by atoms with Gasteiger partial charge in [-0.3, -0.25) is 5.32 Å². The normalized spacial score (nSPS) is 16.5. The van der Waals surface area contributed by atoms with E-state index < -0.39 is 0 Å². The maximum atomic E-state index is 6.74. The average Bonchev–Trinajstić information content (AvgIpc) is 3.71.